The topological polar surface area (TPSA) is 20.2 Å². The Morgan fingerprint density at radius 1 is 1.69 bits per heavy atom. The van der Waals surface area contributed by atoms with E-state index in [1.807, 2.05) is 18.4 Å². The molecule has 1 nitrogen and oxygen atoms in total. The highest BCUT2D eigenvalue weighted by Crippen LogP contribution is 2.28. The lowest BCUT2D eigenvalue weighted by molar-refractivity contribution is 0.180. The third kappa shape index (κ3) is 2.68. The number of aliphatic hydroxyl groups excluding tert-OH is 1. The van der Waals surface area contributed by atoms with Gasteiger partial charge in [0.05, 0.1) is 6.10 Å². The summed E-state index contributed by atoms with van der Waals surface area (Å²) in [6.45, 7) is 7.99. The second-order valence-corrected chi connectivity index (χ2v) is 4.24. The number of thiophene rings is 1. The predicted octanol–water partition coefficient (Wildman–Crippen LogP) is 3.45. The van der Waals surface area contributed by atoms with E-state index >= 15 is 0 Å². The summed E-state index contributed by atoms with van der Waals surface area (Å²) in [5.74, 6) is 0. The minimum Gasteiger partial charge on any atom is -0.387 e. The molecule has 0 saturated carbocycles. The molecule has 0 fully saturated rings. The van der Waals surface area contributed by atoms with Crippen LogP contribution in [0, 0.1) is 6.92 Å². The van der Waals surface area contributed by atoms with Crippen molar-refractivity contribution in [1.29, 1.82) is 0 Å². The molecule has 0 aliphatic rings. The molecule has 1 aromatic rings. The summed E-state index contributed by atoms with van der Waals surface area (Å²) in [5.41, 5.74) is 2.29. The Kier molecular flexibility index (Phi) is 3.70. The molecule has 1 atom stereocenters. The van der Waals surface area contributed by atoms with Gasteiger partial charge in [-0.3, -0.25) is 0 Å². The molecule has 13 heavy (non-hydrogen) atoms. The number of aryl methyl sites for hydroxylation is 1. The average molecular weight is 196 g/mol. The Bertz CT molecular complexity index is 288. The Hall–Kier alpha value is -0.600. The minimum absolute atomic E-state index is 0.354. The van der Waals surface area contributed by atoms with Gasteiger partial charge in [0.2, 0.25) is 0 Å². The zero-order valence-corrected chi connectivity index (χ0v) is 9.03. The summed E-state index contributed by atoms with van der Waals surface area (Å²) < 4.78 is 0. The van der Waals surface area contributed by atoms with Gasteiger partial charge in [-0.2, -0.15) is 0 Å². The van der Waals surface area contributed by atoms with Crippen LogP contribution in [0.15, 0.2) is 23.6 Å². The van der Waals surface area contributed by atoms with Gasteiger partial charge >= 0.3 is 0 Å². The van der Waals surface area contributed by atoms with Crippen LogP contribution in [0.2, 0.25) is 0 Å². The molecule has 1 rings (SSSR count). The molecular weight excluding hydrogens is 180 g/mol. The molecule has 1 N–H and O–H groups in total. The largest absolute Gasteiger partial charge is 0.387 e. The van der Waals surface area contributed by atoms with Crippen LogP contribution in [0.5, 0.6) is 0 Å². The molecular formula is C11H16OS. The molecule has 0 saturated heterocycles. The third-order valence-electron chi connectivity index (χ3n) is 2.19. The Morgan fingerprint density at radius 3 is 2.85 bits per heavy atom. The highest BCUT2D eigenvalue weighted by atomic mass is 32.1. The fraction of sp³-hybridized carbons (Fsp3) is 0.455. The lowest BCUT2D eigenvalue weighted by atomic mass is 10.1. The highest BCUT2D eigenvalue weighted by molar-refractivity contribution is 7.10. The van der Waals surface area contributed by atoms with Crippen molar-refractivity contribution in [2.75, 3.05) is 0 Å². The van der Waals surface area contributed by atoms with E-state index in [1.54, 1.807) is 11.3 Å². The SMILES string of the molecule is C=C(CC)CC(O)c1sccc1C. The lowest BCUT2D eigenvalue weighted by Gasteiger charge is -2.10. The summed E-state index contributed by atoms with van der Waals surface area (Å²) in [4.78, 5) is 1.08. The van der Waals surface area contributed by atoms with Crippen LogP contribution >= 0.6 is 11.3 Å². The number of rotatable bonds is 4. The first-order valence-electron chi connectivity index (χ1n) is 4.53. The summed E-state index contributed by atoms with van der Waals surface area (Å²) in [6, 6.07) is 2.04. The normalized spacial score (nSPS) is 12.8. The molecule has 0 aliphatic carbocycles. The van der Waals surface area contributed by atoms with E-state index in [4.69, 9.17) is 0 Å². The fourth-order valence-electron chi connectivity index (χ4n) is 1.24. The van der Waals surface area contributed by atoms with Gasteiger partial charge in [-0.1, -0.05) is 19.1 Å². The van der Waals surface area contributed by atoms with E-state index in [1.165, 1.54) is 5.56 Å². The monoisotopic (exact) mass is 196 g/mol. The zero-order chi connectivity index (χ0) is 9.84. The first-order chi connectivity index (χ1) is 6.15. The molecule has 0 spiro atoms. The smallest absolute Gasteiger partial charge is 0.0921 e. The number of aliphatic hydroxyl groups is 1. The standard InChI is InChI=1S/C11H16OS/c1-4-8(2)7-10(12)11-9(3)5-6-13-11/h5-6,10,12H,2,4,7H2,1,3H3. The van der Waals surface area contributed by atoms with Crippen LogP contribution in [-0.4, -0.2) is 5.11 Å². The van der Waals surface area contributed by atoms with Crippen LogP contribution < -0.4 is 0 Å². The van der Waals surface area contributed by atoms with Gasteiger partial charge in [0.25, 0.3) is 0 Å². The van der Waals surface area contributed by atoms with Crippen molar-refractivity contribution in [3.05, 3.63) is 34.0 Å². The van der Waals surface area contributed by atoms with Gasteiger partial charge in [-0.25, -0.2) is 0 Å². The minimum atomic E-state index is -0.354. The van der Waals surface area contributed by atoms with Gasteiger partial charge in [-0.15, -0.1) is 11.3 Å². The molecule has 1 heterocycles. The van der Waals surface area contributed by atoms with Crippen molar-refractivity contribution in [1.82, 2.24) is 0 Å². The zero-order valence-electron chi connectivity index (χ0n) is 8.21. The van der Waals surface area contributed by atoms with E-state index in [2.05, 4.69) is 13.5 Å². The average Bonchev–Trinajstić information content (AvgIpc) is 2.51. The van der Waals surface area contributed by atoms with Crippen molar-refractivity contribution in [2.24, 2.45) is 0 Å². The van der Waals surface area contributed by atoms with E-state index in [0.717, 1.165) is 16.9 Å². The molecule has 1 unspecified atom stereocenters. The molecule has 72 valence electrons. The third-order valence-corrected chi connectivity index (χ3v) is 3.31. The van der Waals surface area contributed by atoms with E-state index < -0.39 is 0 Å². The van der Waals surface area contributed by atoms with Crippen molar-refractivity contribution in [3.63, 3.8) is 0 Å². The van der Waals surface area contributed by atoms with Gasteiger partial charge in [-0.05, 0) is 36.8 Å². The number of hydrogen-bond acceptors (Lipinski definition) is 2. The second-order valence-electron chi connectivity index (χ2n) is 3.29. The first kappa shape index (κ1) is 10.5. The van der Waals surface area contributed by atoms with Crippen molar-refractivity contribution in [2.45, 2.75) is 32.8 Å². The Labute approximate surface area is 83.7 Å². The van der Waals surface area contributed by atoms with E-state index in [9.17, 15) is 5.11 Å². The van der Waals surface area contributed by atoms with Crippen LogP contribution in [-0.2, 0) is 0 Å². The van der Waals surface area contributed by atoms with Crippen molar-refractivity contribution >= 4 is 11.3 Å². The van der Waals surface area contributed by atoms with Gasteiger partial charge in [0, 0.05) is 4.88 Å². The fourth-order valence-corrected chi connectivity index (χ4v) is 2.15. The van der Waals surface area contributed by atoms with Gasteiger partial charge in [0.1, 0.15) is 0 Å². The quantitative estimate of drug-likeness (QED) is 0.731. The van der Waals surface area contributed by atoms with Crippen LogP contribution in [0.25, 0.3) is 0 Å². The van der Waals surface area contributed by atoms with Crippen molar-refractivity contribution < 1.29 is 5.11 Å². The van der Waals surface area contributed by atoms with Gasteiger partial charge < -0.3 is 5.11 Å². The summed E-state index contributed by atoms with van der Waals surface area (Å²) in [7, 11) is 0. The maximum absolute atomic E-state index is 9.84. The summed E-state index contributed by atoms with van der Waals surface area (Å²) >= 11 is 1.62. The predicted molar refractivity (Wildman–Crippen MR) is 58.1 cm³/mol. The highest BCUT2D eigenvalue weighted by Gasteiger charge is 2.11. The molecule has 0 radical (unpaired) electrons. The Morgan fingerprint density at radius 2 is 2.38 bits per heavy atom. The lowest BCUT2D eigenvalue weighted by Crippen LogP contribution is -1.97. The molecule has 0 aromatic carbocycles. The van der Waals surface area contributed by atoms with Crippen LogP contribution in [0.4, 0.5) is 0 Å². The summed E-state index contributed by atoms with van der Waals surface area (Å²) in [6.07, 6.45) is 1.28. The molecule has 2 heteroatoms. The van der Waals surface area contributed by atoms with Crippen molar-refractivity contribution in [3.8, 4) is 0 Å². The molecule has 0 amide bonds. The van der Waals surface area contributed by atoms with Crippen LogP contribution in [0.1, 0.15) is 36.3 Å². The van der Waals surface area contributed by atoms with Gasteiger partial charge in [0.15, 0.2) is 0 Å². The maximum Gasteiger partial charge on any atom is 0.0921 e. The first-order valence-corrected chi connectivity index (χ1v) is 5.41. The maximum atomic E-state index is 9.84. The van der Waals surface area contributed by atoms with E-state index in [-0.39, 0.29) is 6.10 Å². The summed E-state index contributed by atoms with van der Waals surface area (Å²) in [5, 5.41) is 11.9. The molecule has 0 bridgehead atoms. The van der Waals surface area contributed by atoms with E-state index in [0.29, 0.717) is 6.42 Å². The molecule has 0 aliphatic heterocycles. The number of hydrogen-bond donors (Lipinski definition) is 1. The molecule has 1 aromatic heterocycles. The Balaban J connectivity index is 2.63. The van der Waals surface area contributed by atoms with Crippen LogP contribution in [0.3, 0.4) is 0 Å². The second kappa shape index (κ2) is 4.58.